The first-order valence-electron chi connectivity index (χ1n) is 10.00. The number of benzene rings is 2. The summed E-state index contributed by atoms with van der Waals surface area (Å²) in [5.41, 5.74) is 1.69. The fourth-order valence-electron chi connectivity index (χ4n) is 3.21. The number of hydrogen-bond acceptors (Lipinski definition) is 5. The monoisotopic (exact) mass is 409 g/mol. The van der Waals surface area contributed by atoms with Crippen molar-refractivity contribution < 1.29 is 14.4 Å². The lowest BCUT2D eigenvalue weighted by molar-refractivity contribution is -0.124. The van der Waals surface area contributed by atoms with Crippen LogP contribution in [0.4, 0.5) is 10.5 Å². The van der Waals surface area contributed by atoms with Crippen LogP contribution in [0.2, 0.25) is 0 Å². The highest BCUT2D eigenvalue weighted by molar-refractivity contribution is 6.01. The highest BCUT2D eigenvalue weighted by atomic mass is 16.2. The average Bonchev–Trinajstić information content (AvgIpc) is 2.75. The van der Waals surface area contributed by atoms with E-state index in [1.807, 2.05) is 41.3 Å². The van der Waals surface area contributed by atoms with Gasteiger partial charge in [-0.1, -0.05) is 48.5 Å². The highest BCUT2D eigenvalue weighted by Crippen LogP contribution is 2.05. The maximum Gasteiger partial charge on any atom is 0.325 e. The first kappa shape index (κ1) is 21.5. The minimum absolute atomic E-state index is 0.0115. The Bertz CT molecular complexity index is 836. The Morgan fingerprint density at radius 1 is 0.733 bits per heavy atom. The summed E-state index contributed by atoms with van der Waals surface area (Å²) in [5.74, 6) is -0.361. The number of piperazine rings is 1. The predicted octanol–water partition coefficient (Wildman–Crippen LogP) is 1.27. The first-order valence-corrected chi connectivity index (χ1v) is 10.00. The molecule has 1 fully saturated rings. The molecule has 0 bridgehead atoms. The molecule has 8 heteroatoms. The van der Waals surface area contributed by atoms with Crippen LogP contribution in [-0.2, 0) is 16.1 Å². The SMILES string of the molecule is O=C(CN1CCN(CC(=O)NC(=O)Nc2ccccc2)CC1)NCc1ccccc1. The number of nitrogens with zero attached hydrogens (tertiary/aromatic N) is 2. The van der Waals surface area contributed by atoms with Crippen molar-refractivity contribution in [3.8, 4) is 0 Å². The number of nitrogens with one attached hydrogen (secondary N) is 3. The quantitative estimate of drug-likeness (QED) is 0.640. The predicted molar refractivity (Wildman–Crippen MR) is 115 cm³/mol. The van der Waals surface area contributed by atoms with Crippen molar-refractivity contribution in [3.63, 3.8) is 0 Å². The van der Waals surface area contributed by atoms with Crippen molar-refractivity contribution in [1.82, 2.24) is 20.4 Å². The number of imide groups is 1. The van der Waals surface area contributed by atoms with E-state index in [1.165, 1.54) is 0 Å². The molecule has 4 amide bonds. The molecule has 0 radical (unpaired) electrons. The fraction of sp³-hybridized carbons (Fsp3) is 0.318. The Labute approximate surface area is 176 Å². The molecule has 2 aromatic carbocycles. The van der Waals surface area contributed by atoms with Crippen molar-refractivity contribution in [3.05, 3.63) is 66.2 Å². The third-order valence-electron chi connectivity index (χ3n) is 4.82. The van der Waals surface area contributed by atoms with Crippen molar-refractivity contribution in [1.29, 1.82) is 0 Å². The van der Waals surface area contributed by atoms with Crippen molar-refractivity contribution in [2.45, 2.75) is 6.54 Å². The molecular weight excluding hydrogens is 382 g/mol. The molecule has 1 aliphatic heterocycles. The molecular formula is C22H27N5O3. The van der Waals surface area contributed by atoms with Gasteiger partial charge in [-0.2, -0.15) is 0 Å². The van der Waals surface area contributed by atoms with Crippen LogP contribution in [0.5, 0.6) is 0 Å². The van der Waals surface area contributed by atoms with Gasteiger partial charge in [-0.25, -0.2) is 4.79 Å². The number of carbonyl (C=O) groups is 3. The Hall–Kier alpha value is -3.23. The van der Waals surface area contributed by atoms with Crippen LogP contribution in [0.3, 0.4) is 0 Å². The molecule has 0 saturated carbocycles. The standard InChI is InChI=1S/C22H27N5O3/c28-20(23-15-18-7-3-1-4-8-18)16-26-11-13-27(14-12-26)17-21(29)25-22(30)24-19-9-5-2-6-10-19/h1-10H,11-17H2,(H,23,28)(H2,24,25,29,30). The Kier molecular flexibility index (Phi) is 7.94. The molecule has 1 heterocycles. The molecule has 0 aromatic heterocycles. The topological polar surface area (TPSA) is 93.8 Å². The second-order valence-electron chi connectivity index (χ2n) is 7.18. The highest BCUT2D eigenvalue weighted by Gasteiger charge is 2.21. The molecule has 0 atom stereocenters. The van der Waals surface area contributed by atoms with E-state index < -0.39 is 6.03 Å². The summed E-state index contributed by atoms with van der Waals surface area (Å²) in [6.45, 7) is 3.73. The Morgan fingerprint density at radius 2 is 1.27 bits per heavy atom. The fourth-order valence-corrected chi connectivity index (χ4v) is 3.21. The molecule has 158 valence electrons. The summed E-state index contributed by atoms with van der Waals surface area (Å²) in [6, 6.07) is 18.2. The van der Waals surface area contributed by atoms with Crippen molar-refractivity contribution in [2.75, 3.05) is 44.6 Å². The summed E-state index contributed by atoms with van der Waals surface area (Å²) in [6.07, 6.45) is 0. The van der Waals surface area contributed by atoms with Crippen LogP contribution in [0.1, 0.15) is 5.56 Å². The van der Waals surface area contributed by atoms with Gasteiger partial charge >= 0.3 is 6.03 Å². The number of anilines is 1. The molecule has 30 heavy (non-hydrogen) atoms. The second kappa shape index (κ2) is 11.1. The Morgan fingerprint density at radius 3 is 1.87 bits per heavy atom. The summed E-state index contributed by atoms with van der Waals surface area (Å²) in [5, 5.41) is 7.89. The third-order valence-corrected chi connectivity index (χ3v) is 4.82. The van der Waals surface area contributed by atoms with E-state index in [2.05, 4.69) is 20.9 Å². The van der Waals surface area contributed by atoms with Gasteiger partial charge in [0.15, 0.2) is 0 Å². The molecule has 0 aliphatic carbocycles. The van der Waals surface area contributed by atoms with E-state index in [9.17, 15) is 14.4 Å². The van der Waals surface area contributed by atoms with E-state index in [-0.39, 0.29) is 18.4 Å². The number of amides is 4. The van der Waals surface area contributed by atoms with Gasteiger partial charge in [0.05, 0.1) is 13.1 Å². The van der Waals surface area contributed by atoms with Gasteiger partial charge in [0, 0.05) is 38.4 Å². The number of carbonyl (C=O) groups excluding carboxylic acids is 3. The molecule has 1 aliphatic rings. The summed E-state index contributed by atoms with van der Waals surface area (Å²) < 4.78 is 0. The third kappa shape index (κ3) is 7.31. The van der Waals surface area contributed by atoms with Gasteiger partial charge in [0.25, 0.3) is 0 Å². The molecule has 2 aromatic rings. The molecule has 0 spiro atoms. The van der Waals surface area contributed by atoms with E-state index in [0.29, 0.717) is 45.0 Å². The lowest BCUT2D eigenvalue weighted by atomic mass is 10.2. The van der Waals surface area contributed by atoms with Crippen LogP contribution in [0, 0.1) is 0 Å². The van der Waals surface area contributed by atoms with Gasteiger partial charge in [0.2, 0.25) is 11.8 Å². The van der Waals surface area contributed by atoms with Gasteiger partial charge in [0.1, 0.15) is 0 Å². The zero-order chi connectivity index (χ0) is 21.2. The minimum Gasteiger partial charge on any atom is -0.351 e. The second-order valence-corrected chi connectivity index (χ2v) is 7.18. The number of para-hydroxylation sites is 1. The molecule has 3 rings (SSSR count). The molecule has 0 unspecified atom stereocenters. The van der Waals surface area contributed by atoms with E-state index in [4.69, 9.17) is 0 Å². The maximum atomic E-state index is 12.1. The zero-order valence-electron chi connectivity index (χ0n) is 16.8. The average molecular weight is 409 g/mol. The minimum atomic E-state index is -0.542. The van der Waals surface area contributed by atoms with Crippen molar-refractivity contribution in [2.24, 2.45) is 0 Å². The summed E-state index contributed by atoms with van der Waals surface area (Å²) in [7, 11) is 0. The lowest BCUT2D eigenvalue weighted by Gasteiger charge is -2.33. The van der Waals surface area contributed by atoms with Gasteiger partial charge in [-0.3, -0.25) is 24.7 Å². The first-order chi connectivity index (χ1) is 14.6. The van der Waals surface area contributed by atoms with E-state index >= 15 is 0 Å². The van der Waals surface area contributed by atoms with Crippen LogP contribution < -0.4 is 16.0 Å². The molecule has 8 nitrogen and oxygen atoms in total. The molecule has 3 N–H and O–H groups in total. The maximum absolute atomic E-state index is 12.1. The lowest BCUT2D eigenvalue weighted by Crippen LogP contribution is -2.52. The van der Waals surface area contributed by atoms with Gasteiger partial charge in [-0.05, 0) is 17.7 Å². The molecule has 1 saturated heterocycles. The summed E-state index contributed by atoms with van der Waals surface area (Å²) >= 11 is 0. The Balaban J connectivity index is 1.31. The van der Waals surface area contributed by atoms with Gasteiger partial charge < -0.3 is 10.6 Å². The van der Waals surface area contributed by atoms with Crippen LogP contribution >= 0.6 is 0 Å². The van der Waals surface area contributed by atoms with Crippen molar-refractivity contribution >= 4 is 23.5 Å². The van der Waals surface area contributed by atoms with E-state index in [0.717, 1.165) is 5.56 Å². The van der Waals surface area contributed by atoms with Crippen LogP contribution in [0.15, 0.2) is 60.7 Å². The van der Waals surface area contributed by atoms with E-state index in [1.54, 1.807) is 24.3 Å². The normalized spacial score (nSPS) is 14.7. The zero-order valence-corrected chi connectivity index (χ0v) is 16.8. The number of urea groups is 1. The number of rotatable bonds is 7. The van der Waals surface area contributed by atoms with Crippen LogP contribution in [-0.4, -0.2) is 66.9 Å². The summed E-state index contributed by atoms with van der Waals surface area (Å²) in [4.78, 5) is 40.2. The largest absolute Gasteiger partial charge is 0.351 e. The smallest absolute Gasteiger partial charge is 0.325 e. The van der Waals surface area contributed by atoms with Gasteiger partial charge in [-0.15, -0.1) is 0 Å². The number of hydrogen-bond donors (Lipinski definition) is 3. The van der Waals surface area contributed by atoms with Crippen LogP contribution in [0.25, 0.3) is 0 Å².